The van der Waals surface area contributed by atoms with E-state index in [-0.39, 0.29) is 5.91 Å². The molecule has 0 atom stereocenters. The number of aromatic nitrogens is 1. The minimum absolute atomic E-state index is 0.159. The van der Waals surface area contributed by atoms with Crippen LogP contribution in [0.4, 0.5) is 5.69 Å². The lowest BCUT2D eigenvalue weighted by Gasteiger charge is -2.32. The number of carbonyl (C=O) groups excluding carboxylic acids is 1. The Morgan fingerprint density at radius 3 is 2.68 bits per heavy atom. The predicted octanol–water partition coefficient (Wildman–Crippen LogP) is 1.78. The van der Waals surface area contributed by atoms with E-state index < -0.39 is 0 Å². The zero-order valence-electron chi connectivity index (χ0n) is 10.7. The van der Waals surface area contributed by atoms with Crippen molar-refractivity contribution in [2.75, 3.05) is 18.0 Å². The summed E-state index contributed by atoms with van der Waals surface area (Å²) in [5.41, 5.74) is 1.04. The van der Waals surface area contributed by atoms with Crippen LogP contribution in [0.15, 0.2) is 41.8 Å². The van der Waals surface area contributed by atoms with Crippen molar-refractivity contribution in [3.63, 3.8) is 0 Å². The summed E-state index contributed by atoms with van der Waals surface area (Å²) in [5.74, 6) is 0.538. The van der Waals surface area contributed by atoms with Gasteiger partial charge in [0, 0.05) is 19.3 Å². The van der Waals surface area contributed by atoms with Gasteiger partial charge in [0.05, 0.1) is 11.9 Å². The first kappa shape index (κ1) is 11.9. The van der Waals surface area contributed by atoms with Crippen LogP contribution in [-0.4, -0.2) is 34.8 Å². The van der Waals surface area contributed by atoms with Crippen LogP contribution in [0.3, 0.4) is 0 Å². The minimum Gasteiger partial charge on any atom is -0.342 e. The molecule has 1 fully saturated rings. The third-order valence-electron chi connectivity index (χ3n) is 3.43. The molecule has 3 heterocycles. The van der Waals surface area contributed by atoms with Crippen LogP contribution in [0.25, 0.3) is 0 Å². The maximum absolute atomic E-state index is 12.2. The van der Waals surface area contributed by atoms with Crippen molar-refractivity contribution in [3.05, 3.63) is 36.8 Å². The highest BCUT2D eigenvalue weighted by Gasteiger charge is 2.34. The van der Waals surface area contributed by atoms with Crippen molar-refractivity contribution < 1.29 is 4.79 Å². The molecule has 1 aromatic heterocycles. The zero-order valence-corrected chi connectivity index (χ0v) is 10.7. The van der Waals surface area contributed by atoms with Crippen LogP contribution in [0.5, 0.6) is 0 Å². The summed E-state index contributed by atoms with van der Waals surface area (Å²) in [4.78, 5) is 24.4. The second-order valence-electron chi connectivity index (χ2n) is 4.76. The number of aliphatic imine (C=N–C) groups is 1. The van der Waals surface area contributed by atoms with E-state index in [1.54, 1.807) is 17.3 Å². The van der Waals surface area contributed by atoms with Crippen LogP contribution < -0.4 is 4.90 Å². The van der Waals surface area contributed by atoms with E-state index in [4.69, 9.17) is 0 Å². The van der Waals surface area contributed by atoms with Gasteiger partial charge in [0.1, 0.15) is 5.70 Å². The van der Waals surface area contributed by atoms with Gasteiger partial charge in [-0.2, -0.15) is 0 Å². The smallest absolute Gasteiger partial charge is 0.283 e. The van der Waals surface area contributed by atoms with Gasteiger partial charge in [0.25, 0.3) is 5.91 Å². The summed E-state index contributed by atoms with van der Waals surface area (Å²) in [7, 11) is 0. The Kier molecular flexibility index (Phi) is 3.03. The van der Waals surface area contributed by atoms with Gasteiger partial charge in [-0.05, 0) is 31.4 Å². The highest BCUT2D eigenvalue weighted by Crippen LogP contribution is 2.24. The Hall–Kier alpha value is -2.17. The molecule has 3 rings (SSSR count). The maximum atomic E-state index is 12.2. The minimum atomic E-state index is -0.159. The number of carbonyl (C=O) groups is 1. The summed E-state index contributed by atoms with van der Waals surface area (Å²) in [6.07, 6.45) is 6.89. The first-order chi connectivity index (χ1) is 9.27. The van der Waals surface area contributed by atoms with E-state index in [9.17, 15) is 4.79 Å². The Balaban J connectivity index is 1.94. The molecule has 0 spiro atoms. The fourth-order valence-corrected chi connectivity index (χ4v) is 2.46. The standard InChI is InChI=1S/C14H16N4O/c1-11-13(19)18(12-6-5-7-15-10-12)14(16-11)17-8-3-2-4-9-17/h5-7,10H,1-4,8-9H2. The molecule has 0 radical (unpaired) electrons. The van der Waals surface area contributed by atoms with Crippen molar-refractivity contribution in [2.45, 2.75) is 19.3 Å². The number of hydrogen-bond acceptors (Lipinski definition) is 4. The van der Waals surface area contributed by atoms with E-state index >= 15 is 0 Å². The predicted molar refractivity (Wildman–Crippen MR) is 73.7 cm³/mol. The van der Waals surface area contributed by atoms with Gasteiger partial charge in [-0.25, -0.2) is 9.89 Å². The SMILES string of the molecule is C=C1N=C(N2CCCCC2)N(c2cccnc2)C1=O. The van der Waals surface area contributed by atoms with Gasteiger partial charge in [-0.3, -0.25) is 9.78 Å². The summed E-state index contributed by atoms with van der Waals surface area (Å²) < 4.78 is 0. The van der Waals surface area contributed by atoms with Crippen molar-refractivity contribution in [1.82, 2.24) is 9.88 Å². The lowest BCUT2D eigenvalue weighted by molar-refractivity contribution is -0.113. The molecule has 0 aliphatic carbocycles. The normalized spacial score (nSPS) is 19.9. The number of nitrogens with zero attached hydrogens (tertiary/aromatic N) is 4. The first-order valence-corrected chi connectivity index (χ1v) is 6.54. The molecule has 0 bridgehead atoms. The van der Waals surface area contributed by atoms with E-state index in [0.717, 1.165) is 31.6 Å². The summed E-state index contributed by atoms with van der Waals surface area (Å²) >= 11 is 0. The molecule has 5 heteroatoms. The highest BCUT2D eigenvalue weighted by atomic mass is 16.2. The molecule has 1 aromatic rings. The lowest BCUT2D eigenvalue weighted by atomic mass is 10.1. The first-order valence-electron chi connectivity index (χ1n) is 6.54. The van der Waals surface area contributed by atoms with E-state index in [0.29, 0.717) is 11.7 Å². The number of piperidine rings is 1. The highest BCUT2D eigenvalue weighted by molar-refractivity contribution is 6.26. The molecule has 1 amide bonds. The zero-order chi connectivity index (χ0) is 13.2. The largest absolute Gasteiger partial charge is 0.342 e. The average molecular weight is 256 g/mol. The van der Waals surface area contributed by atoms with Crippen LogP contribution in [0, 0.1) is 0 Å². The molecule has 5 nitrogen and oxygen atoms in total. The molecule has 2 aliphatic rings. The summed E-state index contributed by atoms with van der Waals surface area (Å²) in [6.45, 7) is 5.61. The number of hydrogen-bond donors (Lipinski definition) is 0. The Morgan fingerprint density at radius 1 is 1.21 bits per heavy atom. The molecular formula is C14H16N4O. The van der Waals surface area contributed by atoms with Gasteiger partial charge in [-0.1, -0.05) is 6.58 Å². The molecule has 2 aliphatic heterocycles. The molecule has 0 saturated carbocycles. The topological polar surface area (TPSA) is 48.8 Å². The van der Waals surface area contributed by atoms with Gasteiger partial charge in [0.2, 0.25) is 5.96 Å². The van der Waals surface area contributed by atoms with Gasteiger partial charge >= 0.3 is 0 Å². The van der Waals surface area contributed by atoms with Crippen LogP contribution in [0.2, 0.25) is 0 Å². The van der Waals surface area contributed by atoms with Gasteiger partial charge < -0.3 is 4.90 Å². The van der Waals surface area contributed by atoms with Crippen molar-refractivity contribution in [1.29, 1.82) is 0 Å². The van der Waals surface area contributed by atoms with Gasteiger partial charge in [-0.15, -0.1) is 0 Å². The Morgan fingerprint density at radius 2 is 2.00 bits per heavy atom. The Bertz CT molecular complexity index is 532. The maximum Gasteiger partial charge on any atom is 0.283 e. The van der Waals surface area contributed by atoms with Crippen molar-refractivity contribution >= 4 is 17.6 Å². The molecule has 98 valence electrons. The van der Waals surface area contributed by atoms with E-state index in [2.05, 4.69) is 21.5 Å². The van der Waals surface area contributed by atoms with Crippen LogP contribution in [-0.2, 0) is 4.79 Å². The van der Waals surface area contributed by atoms with Crippen molar-refractivity contribution in [3.8, 4) is 0 Å². The summed E-state index contributed by atoms with van der Waals surface area (Å²) in [6, 6.07) is 3.68. The third kappa shape index (κ3) is 2.12. The molecular weight excluding hydrogens is 240 g/mol. The second-order valence-corrected chi connectivity index (χ2v) is 4.76. The quantitative estimate of drug-likeness (QED) is 0.720. The molecule has 1 saturated heterocycles. The third-order valence-corrected chi connectivity index (χ3v) is 3.43. The Labute approximate surface area is 112 Å². The molecule has 0 N–H and O–H groups in total. The van der Waals surface area contributed by atoms with Gasteiger partial charge in [0.15, 0.2) is 0 Å². The lowest BCUT2D eigenvalue weighted by Crippen LogP contribution is -2.46. The average Bonchev–Trinajstić information content (AvgIpc) is 2.77. The number of rotatable bonds is 1. The number of amides is 1. The van der Waals surface area contributed by atoms with Crippen LogP contribution >= 0.6 is 0 Å². The molecule has 19 heavy (non-hydrogen) atoms. The number of likely N-dealkylation sites (tertiary alicyclic amines) is 1. The fourth-order valence-electron chi connectivity index (χ4n) is 2.46. The second kappa shape index (κ2) is 4.84. The summed E-state index contributed by atoms with van der Waals surface area (Å²) in [5, 5.41) is 0. The monoisotopic (exact) mass is 256 g/mol. The van der Waals surface area contributed by atoms with E-state index in [1.807, 2.05) is 12.1 Å². The number of guanidine groups is 1. The molecule has 0 unspecified atom stereocenters. The van der Waals surface area contributed by atoms with Crippen LogP contribution in [0.1, 0.15) is 19.3 Å². The fraction of sp³-hybridized carbons (Fsp3) is 0.357. The number of pyridine rings is 1. The number of anilines is 1. The van der Waals surface area contributed by atoms with Crippen molar-refractivity contribution in [2.24, 2.45) is 4.99 Å². The molecule has 0 aromatic carbocycles. The van der Waals surface area contributed by atoms with E-state index in [1.165, 1.54) is 6.42 Å².